The van der Waals surface area contributed by atoms with Crippen LogP contribution in [0.15, 0.2) is 24.4 Å². The van der Waals surface area contributed by atoms with Gasteiger partial charge in [0.1, 0.15) is 0 Å². The molecular formula is C19H25N5OS. The summed E-state index contributed by atoms with van der Waals surface area (Å²) in [5.74, 6) is -0.0997. The number of fused-ring (bicyclic) bond motifs is 1. The maximum Gasteiger partial charge on any atom is 0.252 e. The van der Waals surface area contributed by atoms with Crippen LogP contribution < -0.4 is 10.6 Å². The molecule has 0 saturated carbocycles. The molecule has 1 atom stereocenters. The number of thiophene rings is 1. The average Bonchev–Trinajstić information content (AvgIpc) is 3.24. The molecule has 7 heteroatoms. The third kappa shape index (κ3) is 3.64. The molecule has 3 heterocycles. The molecular weight excluding hydrogens is 346 g/mol. The highest BCUT2D eigenvalue weighted by atomic mass is 32.1. The van der Waals surface area contributed by atoms with Gasteiger partial charge in [0.2, 0.25) is 0 Å². The quantitative estimate of drug-likeness (QED) is 0.697. The van der Waals surface area contributed by atoms with Crippen LogP contribution in [0.3, 0.4) is 0 Å². The highest BCUT2D eigenvalue weighted by Gasteiger charge is 2.19. The largest absolute Gasteiger partial charge is 0.350 e. The van der Waals surface area contributed by atoms with Gasteiger partial charge in [0.25, 0.3) is 5.91 Å². The van der Waals surface area contributed by atoms with Crippen LogP contribution in [0.4, 0.5) is 0 Å². The Morgan fingerprint density at radius 3 is 2.69 bits per heavy atom. The van der Waals surface area contributed by atoms with E-state index >= 15 is 0 Å². The molecule has 0 radical (unpaired) electrons. The molecule has 26 heavy (non-hydrogen) atoms. The highest BCUT2D eigenvalue weighted by molar-refractivity contribution is 7.15. The first kappa shape index (κ1) is 18.5. The van der Waals surface area contributed by atoms with Crippen molar-refractivity contribution in [1.29, 1.82) is 0 Å². The first-order chi connectivity index (χ1) is 12.4. The molecule has 0 aliphatic heterocycles. The summed E-state index contributed by atoms with van der Waals surface area (Å²) in [4.78, 5) is 19.9. The topological polar surface area (TPSA) is 71.8 Å². The monoisotopic (exact) mass is 371 g/mol. The van der Waals surface area contributed by atoms with Gasteiger partial charge in [-0.15, -0.1) is 11.3 Å². The molecule has 3 aromatic heterocycles. The second-order valence-electron chi connectivity index (χ2n) is 6.79. The lowest BCUT2D eigenvalue weighted by Crippen LogP contribution is -2.37. The Morgan fingerprint density at radius 2 is 2.08 bits per heavy atom. The van der Waals surface area contributed by atoms with Gasteiger partial charge < -0.3 is 10.6 Å². The summed E-state index contributed by atoms with van der Waals surface area (Å²) in [6.07, 6.45) is 1.74. The van der Waals surface area contributed by atoms with Crippen LogP contribution in [-0.4, -0.2) is 40.3 Å². The molecule has 2 N–H and O–H groups in total. The number of nitrogens with zero attached hydrogens (tertiary/aromatic N) is 3. The molecule has 0 aliphatic rings. The molecule has 0 fully saturated rings. The SMILES string of the molecule is CNC(C)CNC(=O)c1cc(-c2ccc(C)s2)nc2c1cnn2C(C)C. The fourth-order valence-electron chi connectivity index (χ4n) is 2.73. The van der Waals surface area contributed by atoms with E-state index in [0.717, 1.165) is 21.6 Å². The molecule has 0 aliphatic carbocycles. The summed E-state index contributed by atoms with van der Waals surface area (Å²) in [6, 6.07) is 6.36. The van der Waals surface area contributed by atoms with Gasteiger partial charge >= 0.3 is 0 Å². The predicted molar refractivity (Wildman–Crippen MR) is 107 cm³/mol. The lowest BCUT2D eigenvalue weighted by atomic mass is 10.1. The van der Waals surface area contributed by atoms with Gasteiger partial charge in [-0.2, -0.15) is 5.10 Å². The van der Waals surface area contributed by atoms with E-state index in [1.165, 1.54) is 4.88 Å². The summed E-state index contributed by atoms with van der Waals surface area (Å²) in [5, 5.41) is 11.4. The zero-order valence-corrected chi connectivity index (χ0v) is 16.6. The second-order valence-corrected chi connectivity index (χ2v) is 8.07. The summed E-state index contributed by atoms with van der Waals surface area (Å²) < 4.78 is 1.87. The zero-order valence-electron chi connectivity index (χ0n) is 15.8. The van der Waals surface area contributed by atoms with E-state index in [2.05, 4.69) is 48.6 Å². The Balaban J connectivity index is 2.09. The smallest absolute Gasteiger partial charge is 0.252 e. The van der Waals surface area contributed by atoms with E-state index < -0.39 is 0 Å². The molecule has 6 nitrogen and oxygen atoms in total. The number of carbonyl (C=O) groups is 1. The van der Waals surface area contributed by atoms with Gasteiger partial charge in [0.15, 0.2) is 5.65 Å². The number of carbonyl (C=O) groups excluding carboxylic acids is 1. The van der Waals surface area contributed by atoms with E-state index in [-0.39, 0.29) is 18.0 Å². The first-order valence-corrected chi connectivity index (χ1v) is 9.63. The second kappa shape index (κ2) is 7.55. The third-order valence-corrected chi connectivity index (χ3v) is 5.38. The number of amides is 1. The van der Waals surface area contributed by atoms with Crippen molar-refractivity contribution in [2.75, 3.05) is 13.6 Å². The van der Waals surface area contributed by atoms with Gasteiger partial charge in [-0.1, -0.05) is 0 Å². The standard InChI is InChI=1S/C19H25N5OS/c1-11(2)24-18-15(10-22-24)14(19(25)21-9-12(3)20-5)8-16(23-18)17-7-6-13(4)26-17/h6-8,10-12,20H,9H2,1-5H3,(H,21,25). The molecule has 0 bridgehead atoms. The molecule has 138 valence electrons. The predicted octanol–water partition coefficient (Wildman–Crippen LogP) is 3.39. The van der Waals surface area contributed by atoms with Crippen LogP contribution in [0.2, 0.25) is 0 Å². The van der Waals surface area contributed by atoms with Crippen LogP contribution in [-0.2, 0) is 0 Å². The molecule has 3 rings (SSSR count). The number of rotatable bonds is 6. The maximum absolute atomic E-state index is 12.8. The van der Waals surface area contributed by atoms with Crippen LogP contribution in [0.5, 0.6) is 0 Å². The molecule has 3 aromatic rings. The van der Waals surface area contributed by atoms with Gasteiger partial charge in [-0.05, 0) is 52.9 Å². The number of aryl methyl sites for hydroxylation is 1. The Kier molecular flexibility index (Phi) is 5.38. The van der Waals surface area contributed by atoms with Crippen molar-refractivity contribution < 1.29 is 4.79 Å². The Labute approximate surface area is 157 Å². The Morgan fingerprint density at radius 1 is 1.31 bits per heavy atom. The normalized spacial score (nSPS) is 12.7. The highest BCUT2D eigenvalue weighted by Crippen LogP contribution is 2.30. The van der Waals surface area contributed by atoms with Crippen molar-refractivity contribution in [3.05, 3.63) is 34.8 Å². The molecule has 0 aromatic carbocycles. The van der Waals surface area contributed by atoms with E-state index in [1.807, 2.05) is 24.7 Å². The summed E-state index contributed by atoms with van der Waals surface area (Å²) in [6.45, 7) is 8.77. The van der Waals surface area contributed by atoms with Crippen molar-refractivity contribution in [3.63, 3.8) is 0 Å². The molecule has 0 saturated heterocycles. The lowest BCUT2D eigenvalue weighted by Gasteiger charge is -2.13. The Hall–Kier alpha value is -2.25. The minimum atomic E-state index is -0.0997. The fraction of sp³-hybridized carbons (Fsp3) is 0.421. The number of aromatic nitrogens is 3. The maximum atomic E-state index is 12.8. The summed E-state index contributed by atoms with van der Waals surface area (Å²) in [5.41, 5.74) is 2.17. The fourth-order valence-corrected chi connectivity index (χ4v) is 3.55. The van der Waals surface area contributed by atoms with E-state index in [4.69, 9.17) is 4.98 Å². The number of nitrogens with one attached hydrogen (secondary N) is 2. The van der Waals surface area contributed by atoms with Crippen molar-refractivity contribution >= 4 is 28.3 Å². The number of hydrogen-bond acceptors (Lipinski definition) is 5. The van der Waals surface area contributed by atoms with Gasteiger partial charge in [-0.3, -0.25) is 4.79 Å². The molecule has 1 unspecified atom stereocenters. The number of likely N-dealkylation sites (N-methyl/N-ethyl adjacent to an activating group) is 1. The number of hydrogen-bond donors (Lipinski definition) is 2. The van der Waals surface area contributed by atoms with Crippen molar-refractivity contribution in [2.24, 2.45) is 0 Å². The van der Waals surface area contributed by atoms with Crippen molar-refractivity contribution in [1.82, 2.24) is 25.4 Å². The van der Waals surface area contributed by atoms with E-state index in [0.29, 0.717) is 12.1 Å². The number of pyridine rings is 1. The zero-order chi connectivity index (χ0) is 18.8. The van der Waals surface area contributed by atoms with Crippen LogP contribution in [0.25, 0.3) is 21.6 Å². The minimum absolute atomic E-state index is 0.0997. The Bertz CT molecular complexity index is 927. The van der Waals surface area contributed by atoms with Crippen LogP contribution >= 0.6 is 11.3 Å². The van der Waals surface area contributed by atoms with E-state index in [9.17, 15) is 4.79 Å². The van der Waals surface area contributed by atoms with Gasteiger partial charge in [0, 0.05) is 23.5 Å². The van der Waals surface area contributed by atoms with E-state index in [1.54, 1.807) is 17.5 Å². The molecule has 1 amide bonds. The summed E-state index contributed by atoms with van der Waals surface area (Å²) >= 11 is 1.67. The van der Waals surface area contributed by atoms with Crippen molar-refractivity contribution in [3.8, 4) is 10.6 Å². The minimum Gasteiger partial charge on any atom is -0.350 e. The first-order valence-electron chi connectivity index (χ1n) is 8.81. The third-order valence-electron chi connectivity index (χ3n) is 4.35. The van der Waals surface area contributed by atoms with Crippen molar-refractivity contribution in [2.45, 2.75) is 39.8 Å². The lowest BCUT2D eigenvalue weighted by molar-refractivity contribution is 0.0952. The van der Waals surface area contributed by atoms with Gasteiger partial charge in [-0.25, -0.2) is 9.67 Å². The van der Waals surface area contributed by atoms with Crippen LogP contribution in [0, 0.1) is 6.92 Å². The van der Waals surface area contributed by atoms with Crippen LogP contribution in [0.1, 0.15) is 42.0 Å². The van der Waals surface area contributed by atoms with Gasteiger partial charge in [0.05, 0.1) is 27.7 Å². The summed E-state index contributed by atoms with van der Waals surface area (Å²) in [7, 11) is 1.88. The average molecular weight is 372 g/mol. The molecule has 0 spiro atoms.